The molecular weight excluding hydrogens is 266 g/mol. The summed E-state index contributed by atoms with van der Waals surface area (Å²) in [4.78, 5) is 11.0. The molecule has 6 heteroatoms. The van der Waals surface area contributed by atoms with Gasteiger partial charge in [0.15, 0.2) is 0 Å². The topological polar surface area (TPSA) is 83.5 Å². The van der Waals surface area contributed by atoms with E-state index in [1.807, 2.05) is 30.3 Å². The van der Waals surface area contributed by atoms with E-state index in [1.165, 1.54) is 0 Å². The van der Waals surface area contributed by atoms with Gasteiger partial charge in [-0.05, 0) is 30.7 Å². The highest BCUT2D eigenvalue weighted by Crippen LogP contribution is 2.33. The van der Waals surface area contributed by atoms with Gasteiger partial charge in [0.2, 0.25) is 10.0 Å². The number of benzene rings is 1. The van der Waals surface area contributed by atoms with E-state index in [1.54, 1.807) is 0 Å². The molecule has 0 aromatic heterocycles. The standard InChI is InChI=1S/C13H17NO4S/c15-13(16)12(11-6-7-11)14-19(17,18)9-8-10-4-2-1-3-5-10/h1-5,11-12,14H,6-9H2,(H,15,16). The maximum atomic E-state index is 11.9. The predicted molar refractivity (Wildman–Crippen MR) is 71.2 cm³/mol. The average molecular weight is 283 g/mol. The minimum Gasteiger partial charge on any atom is -0.480 e. The highest BCUT2D eigenvalue weighted by atomic mass is 32.2. The molecule has 2 N–H and O–H groups in total. The zero-order chi connectivity index (χ0) is 13.9. The van der Waals surface area contributed by atoms with Crippen molar-refractivity contribution in [3.63, 3.8) is 0 Å². The second-order valence-corrected chi connectivity index (χ2v) is 6.70. The van der Waals surface area contributed by atoms with Gasteiger partial charge in [0.25, 0.3) is 0 Å². The third kappa shape index (κ3) is 4.33. The number of aliphatic carboxylic acids is 1. The molecule has 0 spiro atoms. The first-order valence-electron chi connectivity index (χ1n) is 6.25. The molecule has 1 saturated carbocycles. The van der Waals surface area contributed by atoms with Gasteiger partial charge in [-0.3, -0.25) is 4.79 Å². The predicted octanol–water partition coefficient (Wildman–Crippen LogP) is 1.01. The molecule has 0 saturated heterocycles. The molecule has 0 radical (unpaired) electrons. The van der Waals surface area contributed by atoms with Crippen molar-refractivity contribution in [3.8, 4) is 0 Å². The minimum absolute atomic E-state index is 0.0519. The van der Waals surface area contributed by atoms with Crippen LogP contribution in [0.1, 0.15) is 18.4 Å². The van der Waals surface area contributed by atoms with Crippen molar-refractivity contribution in [2.24, 2.45) is 5.92 Å². The maximum Gasteiger partial charge on any atom is 0.322 e. The van der Waals surface area contributed by atoms with Gasteiger partial charge in [0.05, 0.1) is 5.75 Å². The van der Waals surface area contributed by atoms with Gasteiger partial charge < -0.3 is 5.11 Å². The van der Waals surface area contributed by atoms with Crippen molar-refractivity contribution >= 4 is 16.0 Å². The number of sulfonamides is 1. The molecule has 2 rings (SSSR count). The normalized spacial score (nSPS) is 17.1. The number of carboxylic acid groups (broad SMARTS) is 1. The van der Waals surface area contributed by atoms with Crippen LogP contribution in [0.2, 0.25) is 0 Å². The summed E-state index contributed by atoms with van der Waals surface area (Å²) in [5.41, 5.74) is 0.922. The number of hydrogen-bond donors (Lipinski definition) is 2. The lowest BCUT2D eigenvalue weighted by molar-refractivity contribution is -0.139. The molecule has 104 valence electrons. The Hall–Kier alpha value is -1.40. The van der Waals surface area contributed by atoms with Gasteiger partial charge in [0, 0.05) is 0 Å². The molecule has 1 unspecified atom stereocenters. The molecule has 1 aliphatic carbocycles. The first-order valence-corrected chi connectivity index (χ1v) is 7.90. The van der Waals surface area contributed by atoms with Gasteiger partial charge in [-0.15, -0.1) is 0 Å². The zero-order valence-electron chi connectivity index (χ0n) is 10.5. The number of carboxylic acids is 1. The summed E-state index contributed by atoms with van der Waals surface area (Å²) in [6, 6.07) is 8.29. The van der Waals surface area contributed by atoms with E-state index >= 15 is 0 Å². The Morgan fingerprint density at radius 1 is 1.32 bits per heavy atom. The Morgan fingerprint density at radius 2 is 1.95 bits per heavy atom. The smallest absolute Gasteiger partial charge is 0.322 e. The molecule has 1 aromatic carbocycles. The van der Waals surface area contributed by atoms with Crippen LogP contribution in [0.15, 0.2) is 30.3 Å². The molecule has 0 heterocycles. The summed E-state index contributed by atoms with van der Waals surface area (Å²) >= 11 is 0. The minimum atomic E-state index is -3.56. The van der Waals surface area contributed by atoms with Crippen molar-refractivity contribution < 1.29 is 18.3 Å². The fraction of sp³-hybridized carbons (Fsp3) is 0.462. The molecule has 1 aliphatic rings. The Balaban J connectivity index is 1.93. The molecule has 0 bridgehead atoms. The molecule has 1 aromatic rings. The first kappa shape index (κ1) is 14.0. The summed E-state index contributed by atoms with van der Waals surface area (Å²) in [7, 11) is -3.56. The van der Waals surface area contributed by atoms with Crippen LogP contribution in [0, 0.1) is 5.92 Å². The Kier molecular flexibility index (Phi) is 4.21. The monoisotopic (exact) mass is 283 g/mol. The third-order valence-electron chi connectivity index (χ3n) is 3.17. The summed E-state index contributed by atoms with van der Waals surface area (Å²) in [6.45, 7) is 0. The van der Waals surface area contributed by atoms with E-state index in [0.717, 1.165) is 18.4 Å². The van der Waals surface area contributed by atoms with E-state index < -0.39 is 22.0 Å². The lowest BCUT2D eigenvalue weighted by Crippen LogP contribution is -2.43. The van der Waals surface area contributed by atoms with E-state index in [4.69, 9.17) is 5.11 Å². The van der Waals surface area contributed by atoms with Crippen molar-refractivity contribution in [2.75, 3.05) is 5.75 Å². The van der Waals surface area contributed by atoms with Crippen molar-refractivity contribution in [1.29, 1.82) is 0 Å². The van der Waals surface area contributed by atoms with E-state index in [9.17, 15) is 13.2 Å². The second kappa shape index (κ2) is 5.71. The fourth-order valence-electron chi connectivity index (χ4n) is 1.93. The van der Waals surface area contributed by atoms with E-state index in [0.29, 0.717) is 6.42 Å². The Bertz CT molecular complexity index is 537. The van der Waals surface area contributed by atoms with Crippen LogP contribution < -0.4 is 4.72 Å². The molecule has 19 heavy (non-hydrogen) atoms. The Labute approximate surface area is 112 Å². The molecule has 0 aliphatic heterocycles. The zero-order valence-corrected chi connectivity index (χ0v) is 11.3. The fourth-order valence-corrected chi connectivity index (χ4v) is 3.23. The van der Waals surface area contributed by atoms with E-state index in [-0.39, 0.29) is 11.7 Å². The third-order valence-corrected chi connectivity index (χ3v) is 4.52. The highest BCUT2D eigenvalue weighted by molar-refractivity contribution is 7.89. The lowest BCUT2D eigenvalue weighted by Gasteiger charge is -2.13. The number of carbonyl (C=O) groups is 1. The van der Waals surface area contributed by atoms with Crippen LogP contribution in [0.4, 0.5) is 0 Å². The summed E-state index contributed by atoms with van der Waals surface area (Å²) < 4.78 is 26.1. The second-order valence-electron chi connectivity index (χ2n) is 4.83. The molecular formula is C13H17NO4S. The van der Waals surface area contributed by atoms with Gasteiger partial charge in [0.1, 0.15) is 6.04 Å². The highest BCUT2D eigenvalue weighted by Gasteiger charge is 2.38. The summed E-state index contributed by atoms with van der Waals surface area (Å²) in [5, 5.41) is 9.01. The van der Waals surface area contributed by atoms with Crippen LogP contribution in [0.5, 0.6) is 0 Å². The number of rotatable bonds is 7. The number of nitrogens with one attached hydrogen (secondary N) is 1. The van der Waals surface area contributed by atoms with Crippen molar-refractivity contribution in [2.45, 2.75) is 25.3 Å². The largest absolute Gasteiger partial charge is 0.480 e. The van der Waals surface area contributed by atoms with Crippen LogP contribution >= 0.6 is 0 Å². The van der Waals surface area contributed by atoms with Crippen molar-refractivity contribution in [1.82, 2.24) is 4.72 Å². The van der Waals surface area contributed by atoms with Crippen LogP contribution in [-0.2, 0) is 21.2 Å². The maximum absolute atomic E-state index is 11.9. The molecule has 5 nitrogen and oxygen atoms in total. The van der Waals surface area contributed by atoms with Crippen LogP contribution in [0.3, 0.4) is 0 Å². The van der Waals surface area contributed by atoms with Crippen LogP contribution in [-0.4, -0.2) is 31.3 Å². The summed E-state index contributed by atoms with van der Waals surface area (Å²) in [5.74, 6) is -1.23. The average Bonchev–Trinajstić information content (AvgIpc) is 3.19. The SMILES string of the molecule is O=C(O)C(NS(=O)(=O)CCc1ccccc1)C1CC1. The number of hydrogen-bond acceptors (Lipinski definition) is 3. The quantitative estimate of drug-likeness (QED) is 0.782. The van der Waals surface area contributed by atoms with E-state index in [2.05, 4.69) is 4.72 Å². The van der Waals surface area contributed by atoms with Gasteiger partial charge >= 0.3 is 5.97 Å². The lowest BCUT2D eigenvalue weighted by atomic mass is 10.2. The van der Waals surface area contributed by atoms with Gasteiger partial charge in [-0.2, -0.15) is 0 Å². The van der Waals surface area contributed by atoms with Gasteiger partial charge in [-0.1, -0.05) is 30.3 Å². The van der Waals surface area contributed by atoms with Gasteiger partial charge in [-0.25, -0.2) is 13.1 Å². The molecule has 0 amide bonds. The number of aryl methyl sites for hydroxylation is 1. The van der Waals surface area contributed by atoms with Crippen LogP contribution in [0.25, 0.3) is 0 Å². The first-order chi connectivity index (χ1) is 8.98. The summed E-state index contributed by atoms with van der Waals surface area (Å²) in [6.07, 6.45) is 1.93. The van der Waals surface area contributed by atoms with Crippen molar-refractivity contribution in [3.05, 3.63) is 35.9 Å². The molecule has 1 atom stereocenters. The molecule has 1 fully saturated rings. The Morgan fingerprint density at radius 3 is 2.47 bits per heavy atom.